The Labute approximate surface area is 184 Å². The number of carbonyl (C=O) groups excluding carboxylic acids is 2. The van der Waals surface area contributed by atoms with Crippen molar-refractivity contribution < 1.29 is 14.3 Å². The quantitative estimate of drug-likeness (QED) is 0.529. The Bertz CT molecular complexity index is 823. The van der Waals surface area contributed by atoms with Crippen molar-refractivity contribution in [3.63, 3.8) is 0 Å². The molecule has 0 aliphatic carbocycles. The first-order valence-corrected chi connectivity index (χ1v) is 10.8. The van der Waals surface area contributed by atoms with Crippen molar-refractivity contribution in [2.45, 2.75) is 52.1 Å². The molecule has 1 atom stereocenters. The second-order valence-electron chi connectivity index (χ2n) is 7.21. The molecule has 30 heavy (non-hydrogen) atoms. The van der Waals surface area contributed by atoms with Gasteiger partial charge in [-0.25, -0.2) is 0 Å². The van der Waals surface area contributed by atoms with Crippen molar-refractivity contribution in [2.24, 2.45) is 0 Å². The van der Waals surface area contributed by atoms with Crippen molar-refractivity contribution in [1.82, 2.24) is 10.2 Å². The monoisotopic (exact) mass is 430 g/mol. The third-order valence-corrected chi connectivity index (χ3v) is 5.40. The van der Waals surface area contributed by atoms with Gasteiger partial charge in [0.25, 0.3) is 0 Å². The number of nitrogens with zero attached hydrogens (tertiary/aromatic N) is 1. The molecule has 0 aliphatic heterocycles. The van der Waals surface area contributed by atoms with Crippen LogP contribution in [0.5, 0.6) is 5.75 Å². The number of halogens is 1. The van der Waals surface area contributed by atoms with Crippen LogP contribution < -0.4 is 10.1 Å². The molecule has 2 aromatic carbocycles. The maximum Gasteiger partial charge on any atom is 0.242 e. The Hall–Kier alpha value is -2.53. The van der Waals surface area contributed by atoms with Crippen LogP contribution in [-0.4, -0.2) is 36.4 Å². The van der Waals surface area contributed by atoms with Crippen LogP contribution in [0.2, 0.25) is 5.02 Å². The Morgan fingerprint density at radius 2 is 1.80 bits per heavy atom. The van der Waals surface area contributed by atoms with E-state index in [1.54, 1.807) is 18.1 Å². The third-order valence-electron chi connectivity index (χ3n) is 5.03. The van der Waals surface area contributed by atoms with E-state index in [2.05, 4.69) is 12.2 Å². The van der Waals surface area contributed by atoms with Crippen molar-refractivity contribution >= 4 is 23.4 Å². The fourth-order valence-electron chi connectivity index (χ4n) is 3.26. The summed E-state index contributed by atoms with van der Waals surface area (Å²) in [6, 6.07) is 14.3. The molecule has 0 radical (unpaired) electrons. The van der Waals surface area contributed by atoms with Crippen molar-refractivity contribution in [2.75, 3.05) is 13.7 Å². The maximum atomic E-state index is 13.3. The zero-order chi connectivity index (χ0) is 21.9. The van der Waals surface area contributed by atoms with Crippen LogP contribution in [0, 0.1) is 0 Å². The van der Waals surface area contributed by atoms with E-state index in [0.29, 0.717) is 18.0 Å². The highest BCUT2D eigenvalue weighted by Crippen LogP contribution is 2.21. The Morgan fingerprint density at radius 1 is 1.10 bits per heavy atom. The van der Waals surface area contributed by atoms with Gasteiger partial charge < -0.3 is 15.0 Å². The van der Waals surface area contributed by atoms with E-state index in [1.807, 2.05) is 49.4 Å². The fourth-order valence-corrected chi connectivity index (χ4v) is 3.45. The van der Waals surface area contributed by atoms with Gasteiger partial charge in [-0.15, -0.1) is 0 Å². The number of ether oxygens (including phenoxy) is 1. The van der Waals surface area contributed by atoms with E-state index >= 15 is 0 Å². The number of unbranched alkanes of at least 4 members (excludes halogenated alkanes) is 1. The maximum absolute atomic E-state index is 13.3. The molecular formula is C24H31ClN2O3. The van der Waals surface area contributed by atoms with E-state index < -0.39 is 6.04 Å². The van der Waals surface area contributed by atoms with Gasteiger partial charge in [-0.2, -0.15) is 0 Å². The molecular weight excluding hydrogens is 400 g/mol. The van der Waals surface area contributed by atoms with E-state index in [-0.39, 0.29) is 24.8 Å². The zero-order valence-corrected chi connectivity index (χ0v) is 18.7. The Kier molecular flexibility index (Phi) is 9.68. The van der Waals surface area contributed by atoms with Crippen LogP contribution in [0.15, 0.2) is 48.5 Å². The van der Waals surface area contributed by atoms with Crippen molar-refractivity contribution in [1.29, 1.82) is 0 Å². The number of benzene rings is 2. The lowest BCUT2D eigenvalue weighted by atomic mass is 10.1. The first-order valence-electron chi connectivity index (χ1n) is 10.4. The van der Waals surface area contributed by atoms with E-state index in [0.717, 1.165) is 29.7 Å². The van der Waals surface area contributed by atoms with Gasteiger partial charge in [0.1, 0.15) is 11.8 Å². The van der Waals surface area contributed by atoms with Crippen LogP contribution in [0.25, 0.3) is 0 Å². The van der Waals surface area contributed by atoms with Crippen LogP contribution in [0.1, 0.15) is 44.2 Å². The van der Waals surface area contributed by atoms with Gasteiger partial charge in [0.2, 0.25) is 11.8 Å². The summed E-state index contributed by atoms with van der Waals surface area (Å²) in [5, 5.41) is 3.55. The predicted molar refractivity (Wildman–Crippen MR) is 121 cm³/mol. The summed E-state index contributed by atoms with van der Waals surface area (Å²) in [6.45, 7) is 4.89. The molecule has 0 bridgehead atoms. The second kappa shape index (κ2) is 12.2. The minimum atomic E-state index is -0.552. The number of carbonyl (C=O) groups is 2. The van der Waals surface area contributed by atoms with Gasteiger partial charge in [-0.3, -0.25) is 9.59 Å². The first-order chi connectivity index (χ1) is 14.5. The lowest BCUT2D eigenvalue weighted by Crippen LogP contribution is -2.49. The Morgan fingerprint density at radius 3 is 2.40 bits per heavy atom. The molecule has 2 amide bonds. The summed E-state index contributed by atoms with van der Waals surface area (Å²) in [7, 11) is 1.61. The fraction of sp³-hybridized carbons (Fsp3) is 0.417. The van der Waals surface area contributed by atoms with E-state index in [9.17, 15) is 9.59 Å². The van der Waals surface area contributed by atoms with E-state index in [4.69, 9.17) is 16.3 Å². The minimum absolute atomic E-state index is 0.113. The summed E-state index contributed by atoms with van der Waals surface area (Å²) in [5.74, 6) is 0.500. The van der Waals surface area contributed by atoms with Crippen LogP contribution >= 0.6 is 11.6 Å². The SMILES string of the molecule is CCCCNC(=O)C(CC)N(Cc1ccccc1Cl)C(=O)Cc1ccc(OC)cc1. The Balaban J connectivity index is 2.24. The summed E-state index contributed by atoms with van der Waals surface area (Å²) >= 11 is 6.34. The average Bonchev–Trinajstić information content (AvgIpc) is 2.75. The molecule has 2 aromatic rings. The third kappa shape index (κ3) is 6.77. The van der Waals surface area contributed by atoms with Crippen LogP contribution in [-0.2, 0) is 22.6 Å². The van der Waals surface area contributed by atoms with Crippen LogP contribution in [0.3, 0.4) is 0 Å². The first kappa shape index (κ1) is 23.7. The van der Waals surface area contributed by atoms with Gasteiger partial charge in [0.15, 0.2) is 0 Å². The summed E-state index contributed by atoms with van der Waals surface area (Å²) in [6.07, 6.45) is 2.63. The number of hydrogen-bond donors (Lipinski definition) is 1. The normalized spacial score (nSPS) is 11.6. The predicted octanol–water partition coefficient (Wildman–Crippen LogP) is 4.61. The smallest absolute Gasteiger partial charge is 0.242 e. The lowest BCUT2D eigenvalue weighted by molar-refractivity contribution is -0.140. The molecule has 5 nitrogen and oxygen atoms in total. The number of hydrogen-bond acceptors (Lipinski definition) is 3. The summed E-state index contributed by atoms with van der Waals surface area (Å²) in [4.78, 5) is 27.8. The molecule has 0 aliphatic rings. The van der Waals surface area contributed by atoms with Crippen LogP contribution in [0.4, 0.5) is 0 Å². The molecule has 0 saturated carbocycles. The number of amides is 2. The number of rotatable bonds is 11. The topological polar surface area (TPSA) is 58.6 Å². The molecule has 162 valence electrons. The number of methoxy groups -OCH3 is 1. The minimum Gasteiger partial charge on any atom is -0.497 e. The molecule has 0 saturated heterocycles. The van der Waals surface area contributed by atoms with Gasteiger partial charge in [0, 0.05) is 18.1 Å². The molecule has 0 aromatic heterocycles. The molecule has 6 heteroatoms. The molecule has 0 heterocycles. The number of nitrogens with one attached hydrogen (secondary N) is 1. The zero-order valence-electron chi connectivity index (χ0n) is 18.0. The van der Waals surface area contributed by atoms with Gasteiger partial charge in [-0.1, -0.05) is 62.2 Å². The summed E-state index contributed by atoms with van der Waals surface area (Å²) < 4.78 is 5.18. The molecule has 2 rings (SSSR count). The van der Waals surface area contributed by atoms with Gasteiger partial charge in [0.05, 0.1) is 13.5 Å². The molecule has 0 fully saturated rings. The standard InChI is InChI=1S/C24H31ClN2O3/c1-4-6-15-26-24(29)22(5-2)27(17-19-9-7-8-10-21(19)25)23(28)16-18-11-13-20(30-3)14-12-18/h7-14,22H,4-6,15-17H2,1-3H3,(H,26,29). The highest BCUT2D eigenvalue weighted by Gasteiger charge is 2.28. The van der Waals surface area contributed by atoms with Gasteiger partial charge in [-0.05, 0) is 42.2 Å². The molecule has 1 unspecified atom stereocenters. The second-order valence-corrected chi connectivity index (χ2v) is 7.61. The largest absolute Gasteiger partial charge is 0.497 e. The highest BCUT2D eigenvalue weighted by molar-refractivity contribution is 6.31. The average molecular weight is 431 g/mol. The van der Waals surface area contributed by atoms with Crippen molar-refractivity contribution in [3.05, 3.63) is 64.7 Å². The molecule has 0 spiro atoms. The van der Waals surface area contributed by atoms with E-state index in [1.165, 1.54) is 0 Å². The molecule has 1 N–H and O–H groups in total. The van der Waals surface area contributed by atoms with Crippen molar-refractivity contribution in [3.8, 4) is 5.75 Å². The lowest BCUT2D eigenvalue weighted by Gasteiger charge is -2.31. The summed E-state index contributed by atoms with van der Waals surface area (Å²) in [5.41, 5.74) is 1.69. The highest BCUT2D eigenvalue weighted by atomic mass is 35.5. The van der Waals surface area contributed by atoms with Gasteiger partial charge >= 0.3 is 0 Å².